The molecule has 72 heavy (non-hydrogen) atoms. The molecular weight excluding hydrogens is 1060 g/mol. The SMILES string of the molecule is CC(C)[Si]1(C(C)C)OC[C@H]2O[C@@H](n3cc(Cl)c4c(=O)[nH]cnc43)[C@H](OP(=S)(OCCC#N)OC[C@H]3O[C@@H](n4cnc5c(NC(=O)c6ccccc6)ncnc54)[C@H](F)[C@@H]3O[P+](=O)O)[C@@H]2O[Si](C(C)C)(C(C)C)O1. The lowest BCUT2D eigenvalue weighted by Crippen LogP contribution is -2.65. The van der Waals surface area contributed by atoms with Crippen LogP contribution in [0.4, 0.5) is 10.2 Å². The van der Waals surface area contributed by atoms with Gasteiger partial charge in [-0.1, -0.05) is 85.2 Å². The van der Waals surface area contributed by atoms with Gasteiger partial charge in [0, 0.05) is 16.3 Å². The summed E-state index contributed by atoms with van der Waals surface area (Å²) in [7, 11) is -9.89. The average Bonchev–Trinajstić information content (AvgIpc) is 4.08. The maximum Gasteiger partial charge on any atom is 0.695 e. The van der Waals surface area contributed by atoms with Crippen LogP contribution in [-0.2, 0) is 56.9 Å². The van der Waals surface area contributed by atoms with Gasteiger partial charge in [-0.3, -0.25) is 18.7 Å². The molecule has 22 nitrogen and oxygen atoms in total. The Hall–Kier alpha value is -3.85. The van der Waals surface area contributed by atoms with E-state index >= 15 is 4.39 Å². The molecule has 2 unspecified atom stereocenters. The Kier molecular flexibility index (Phi) is 16.8. The van der Waals surface area contributed by atoms with Gasteiger partial charge >= 0.3 is 32.1 Å². The zero-order valence-corrected chi connectivity index (χ0v) is 45.8. The zero-order chi connectivity index (χ0) is 51.9. The third-order valence-electron chi connectivity index (χ3n) is 13.0. The third kappa shape index (κ3) is 10.5. The Morgan fingerprint density at radius 2 is 1.72 bits per heavy atom. The second kappa shape index (κ2) is 22.2. The van der Waals surface area contributed by atoms with Crippen LogP contribution in [0.1, 0.15) is 84.6 Å². The van der Waals surface area contributed by atoms with Crippen LogP contribution < -0.4 is 10.9 Å². The minimum Gasteiger partial charge on any atom is -0.414 e. The summed E-state index contributed by atoms with van der Waals surface area (Å²) in [6.45, 7) is 11.4. The Balaban J connectivity index is 1.15. The number of carbonyl (C=O) groups excluding carboxylic acids is 1. The molecule has 3 aliphatic heterocycles. The molecular formula is C43H56ClFN9O13P2SSi2+. The summed E-state index contributed by atoms with van der Waals surface area (Å²) in [6, 6.07) is 10.4. The third-order valence-corrected chi connectivity index (χ3v) is 26.3. The molecule has 7 heterocycles. The largest absolute Gasteiger partial charge is 0.695 e. The molecule has 0 spiro atoms. The molecule has 8 rings (SSSR count). The molecule has 0 saturated carbocycles. The number of H-pyrrole nitrogens is 1. The summed E-state index contributed by atoms with van der Waals surface area (Å²) in [4.78, 5) is 56.0. The smallest absolute Gasteiger partial charge is 0.414 e. The maximum atomic E-state index is 16.8. The van der Waals surface area contributed by atoms with Gasteiger partial charge in [-0.05, 0) is 46.1 Å². The number of nitriles is 1. The summed E-state index contributed by atoms with van der Waals surface area (Å²) < 4.78 is 91.6. The van der Waals surface area contributed by atoms with Crippen LogP contribution in [0.15, 0.2) is 60.3 Å². The summed E-state index contributed by atoms with van der Waals surface area (Å²) in [5, 5.41) is 12.5. The molecule has 3 saturated heterocycles. The number of amides is 1. The zero-order valence-electron chi connectivity index (χ0n) is 40.5. The number of aromatic amines is 1. The number of nitrogens with zero attached hydrogens (tertiary/aromatic N) is 7. The number of hydrogen-bond acceptors (Lipinski definition) is 18. The van der Waals surface area contributed by atoms with Crippen molar-refractivity contribution < 1.29 is 59.2 Å². The van der Waals surface area contributed by atoms with Crippen molar-refractivity contribution in [2.75, 3.05) is 25.1 Å². The summed E-state index contributed by atoms with van der Waals surface area (Å²) in [5.74, 6) is -0.450. The van der Waals surface area contributed by atoms with Crippen LogP contribution in [-0.4, -0.2) is 118 Å². The van der Waals surface area contributed by atoms with Gasteiger partial charge in [0.25, 0.3) is 11.5 Å². The number of nitrogens with one attached hydrogen (secondary N) is 2. The van der Waals surface area contributed by atoms with E-state index in [0.29, 0.717) is 5.56 Å². The average molecular weight is 1110 g/mol. The molecule has 5 aromatic rings. The van der Waals surface area contributed by atoms with E-state index in [1.54, 1.807) is 34.9 Å². The first kappa shape index (κ1) is 54.4. The molecule has 0 radical (unpaired) electrons. The Morgan fingerprint density at radius 1 is 1.01 bits per heavy atom. The minimum atomic E-state index is -4.19. The first-order chi connectivity index (χ1) is 34.2. The van der Waals surface area contributed by atoms with Crippen molar-refractivity contribution in [3.05, 3.63) is 76.5 Å². The first-order valence-corrected chi connectivity index (χ1v) is 31.3. The Bertz CT molecular complexity index is 2920. The molecule has 388 valence electrons. The molecule has 29 heteroatoms. The Morgan fingerprint density at radius 3 is 2.39 bits per heavy atom. The van der Waals surface area contributed by atoms with E-state index in [1.165, 1.54) is 23.4 Å². The predicted molar refractivity (Wildman–Crippen MR) is 268 cm³/mol. The predicted octanol–water partition coefficient (Wildman–Crippen LogP) is 8.15. The van der Waals surface area contributed by atoms with Crippen molar-refractivity contribution in [2.24, 2.45) is 0 Å². The van der Waals surface area contributed by atoms with Crippen molar-refractivity contribution in [3.8, 4) is 6.07 Å². The van der Waals surface area contributed by atoms with Gasteiger partial charge in [-0.25, -0.2) is 24.3 Å². The number of hydrogen-bond donors (Lipinski definition) is 3. The van der Waals surface area contributed by atoms with Crippen LogP contribution >= 0.6 is 26.6 Å². The van der Waals surface area contributed by atoms with E-state index in [4.69, 9.17) is 63.9 Å². The highest BCUT2D eigenvalue weighted by Crippen LogP contribution is 2.57. The van der Waals surface area contributed by atoms with Gasteiger partial charge in [0.15, 0.2) is 47.4 Å². The molecule has 0 bridgehead atoms. The second-order valence-electron chi connectivity index (χ2n) is 18.7. The van der Waals surface area contributed by atoms with Crippen LogP contribution in [0.2, 0.25) is 27.2 Å². The van der Waals surface area contributed by atoms with Crippen molar-refractivity contribution in [1.82, 2.24) is 34.1 Å². The number of aromatic nitrogens is 7. The summed E-state index contributed by atoms with van der Waals surface area (Å²) in [5.41, 5.74) is -0.110. The van der Waals surface area contributed by atoms with Crippen molar-refractivity contribution in [1.29, 1.82) is 5.26 Å². The monoisotopic (exact) mass is 1110 g/mol. The van der Waals surface area contributed by atoms with Gasteiger partial charge < -0.3 is 46.4 Å². The van der Waals surface area contributed by atoms with E-state index in [2.05, 4.69) is 57.9 Å². The van der Waals surface area contributed by atoms with Crippen LogP contribution in [0.25, 0.3) is 22.2 Å². The molecule has 3 aliphatic rings. The fourth-order valence-electron chi connectivity index (χ4n) is 9.50. The van der Waals surface area contributed by atoms with Crippen LogP contribution in [0.3, 0.4) is 0 Å². The van der Waals surface area contributed by atoms with E-state index in [-0.39, 0.29) is 74.8 Å². The van der Waals surface area contributed by atoms with Crippen LogP contribution in [0.5, 0.6) is 0 Å². The molecule has 1 amide bonds. The molecule has 4 aromatic heterocycles. The number of anilines is 1. The van der Waals surface area contributed by atoms with E-state index in [1.807, 2.05) is 33.8 Å². The Labute approximate surface area is 426 Å². The number of ether oxygens (including phenoxy) is 2. The van der Waals surface area contributed by atoms with E-state index in [0.717, 1.165) is 6.33 Å². The number of carbonyl (C=O) groups is 1. The number of benzene rings is 1. The highest BCUT2D eigenvalue weighted by atomic mass is 35.5. The van der Waals surface area contributed by atoms with Crippen LogP contribution in [0, 0.1) is 11.3 Å². The van der Waals surface area contributed by atoms with Gasteiger partial charge in [0.1, 0.15) is 36.1 Å². The van der Waals surface area contributed by atoms with Gasteiger partial charge in [-0.15, -0.1) is 9.42 Å². The maximum absolute atomic E-state index is 16.8. The highest BCUT2D eigenvalue weighted by Gasteiger charge is 2.63. The van der Waals surface area contributed by atoms with Gasteiger partial charge in [-0.2, -0.15) is 5.26 Å². The molecule has 1 aromatic carbocycles. The molecule has 0 aliphatic carbocycles. The quantitative estimate of drug-likeness (QED) is 0.0424. The lowest BCUT2D eigenvalue weighted by atomic mass is 10.1. The lowest BCUT2D eigenvalue weighted by molar-refractivity contribution is -0.0583. The summed E-state index contributed by atoms with van der Waals surface area (Å²) in [6.07, 6.45) is -6.27. The number of halogens is 2. The first-order valence-electron chi connectivity index (χ1n) is 23.3. The van der Waals surface area contributed by atoms with Gasteiger partial charge in [0.2, 0.25) is 0 Å². The normalized spacial score (nSPS) is 26.2. The van der Waals surface area contributed by atoms with Crippen molar-refractivity contribution in [3.63, 3.8) is 0 Å². The van der Waals surface area contributed by atoms with Gasteiger partial charge in [0.05, 0.1) is 50.0 Å². The van der Waals surface area contributed by atoms with Crippen molar-refractivity contribution >= 4 is 89.4 Å². The topological polar surface area (TPSA) is 268 Å². The van der Waals surface area contributed by atoms with Crippen molar-refractivity contribution in [2.45, 2.75) is 133 Å². The summed E-state index contributed by atoms with van der Waals surface area (Å²) >= 11 is 12.9. The molecule has 3 N–H and O–H groups in total. The van der Waals surface area contributed by atoms with E-state index in [9.17, 15) is 24.3 Å². The molecule has 3 fully saturated rings. The second-order valence-corrected chi connectivity index (χ2v) is 31.6. The van der Waals surface area contributed by atoms with E-state index < -0.39 is 99.3 Å². The minimum absolute atomic E-state index is 0.00601. The fraction of sp³-hybridized carbons (Fsp3) is 0.558. The number of imidazole rings is 1. The molecule has 10 atom stereocenters. The fourth-order valence-corrected chi connectivity index (χ4v) is 23.5. The lowest BCUT2D eigenvalue weighted by Gasteiger charge is -2.51. The number of alkyl halides is 1. The number of fused-ring (bicyclic) bond motifs is 3. The number of rotatable bonds is 18. The highest BCUT2D eigenvalue weighted by molar-refractivity contribution is 8.07. The standard InChI is InChI=1S/C43H55ClFN9O13P2SSi2/c1-23(2)71(24(3)4)61-19-30-35(66-72(67-71,25(5)6)26(7)8)36(43(63-30)53-17-28(44)31-38(53)48-21-50-41(31)56)65-69(70,59-16-12-15-46)60-18-29-34(64-68(57)58)32(45)42(62-29)54-22-51-33-37(47-20-49-39(33)54)52-40(55)27-13-10-9-11-14-27/h9-11,13-14,17,20-26,29-30,32,34-36,42-43H,12,16,18-19H2,1-8H3,(H2-,47,48,49,50,52,55,56,57,58)/p+1/t29-,30-,32-,34-,35-,36-,42-,43-,69?/m1/s1.